The lowest BCUT2D eigenvalue weighted by molar-refractivity contribution is -0.137. The highest BCUT2D eigenvalue weighted by molar-refractivity contribution is 6.34. The van der Waals surface area contributed by atoms with E-state index >= 15 is 0 Å². The first-order valence-corrected chi connectivity index (χ1v) is 11.6. The maximum atomic E-state index is 13.5. The van der Waals surface area contributed by atoms with Gasteiger partial charge < -0.3 is 15.4 Å². The fourth-order valence-corrected chi connectivity index (χ4v) is 4.69. The summed E-state index contributed by atoms with van der Waals surface area (Å²) < 4.78 is 45.2. The maximum Gasteiger partial charge on any atom is 0.416 e. The average molecular weight is 505 g/mol. The van der Waals surface area contributed by atoms with E-state index in [1.807, 2.05) is 6.92 Å². The van der Waals surface area contributed by atoms with Crippen LogP contribution in [0.2, 0.25) is 5.02 Å². The molecule has 1 atom stereocenters. The number of halogens is 4. The van der Waals surface area contributed by atoms with Crippen molar-refractivity contribution < 1.29 is 27.5 Å². The van der Waals surface area contributed by atoms with Gasteiger partial charge in [0.25, 0.3) is 5.91 Å². The molecule has 2 aromatic rings. The van der Waals surface area contributed by atoms with E-state index in [1.54, 1.807) is 31.2 Å². The molecular formula is C26H24ClF3N2O3. The van der Waals surface area contributed by atoms with Crippen LogP contribution in [-0.2, 0) is 15.8 Å². The van der Waals surface area contributed by atoms with Crippen LogP contribution in [0.25, 0.3) is 0 Å². The lowest BCUT2D eigenvalue weighted by Gasteiger charge is -2.34. The van der Waals surface area contributed by atoms with Gasteiger partial charge in [-0.3, -0.25) is 9.59 Å². The molecule has 0 saturated carbocycles. The molecule has 0 spiro atoms. The molecule has 4 rings (SSSR count). The Morgan fingerprint density at radius 1 is 1.17 bits per heavy atom. The number of ketones is 1. The van der Waals surface area contributed by atoms with Crippen molar-refractivity contribution in [3.05, 3.63) is 81.2 Å². The number of rotatable bonds is 5. The van der Waals surface area contributed by atoms with Crippen LogP contribution in [0, 0.1) is 0 Å². The Morgan fingerprint density at radius 2 is 1.89 bits per heavy atom. The summed E-state index contributed by atoms with van der Waals surface area (Å²) in [6.07, 6.45) is -2.86. The molecule has 184 valence electrons. The topological polar surface area (TPSA) is 67.4 Å². The van der Waals surface area contributed by atoms with Gasteiger partial charge in [0.2, 0.25) is 0 Å². The molecule has 0 fully saturated rings. The Hall–Kier alpha value is -3.26. The second kappa shape index (κ2) is 9.77. The largest absolute Gasteiger partial charge is 0.494 e. The first kappa shape index (κ1) is 24.9. The lowest BCUT2D eigenvalue weighted by atomic mass is 9.75. The third kappa shape index (κ3) is 5.07. The third-order valence-electron chi connectivity index (χ3n) is 6.09. The molecule has 9 heteroatoms. The normalized spacial score (nSPS) is 18.2. The zero-order valence-electron chi connectivity index (χ0n) is 19.2. The number of hydrogen-bond acceptors (Lipinski definition) is 4. The monoisotopic (exact) mass is 504 g/mol. The SMILES string of the molecule is CCOc1ccc([C@H]2C(C(=O)Nc3cc(C(F)(F)F)ccc3Cl)=C(C)NC3=C2C(=O)CCC3)cc1. The second-order valence-electron chi connectivity index (χ2n) is 8.41. The summed E-state index contributed by atoms with van der Waals surface area (Å²) in [6.45, 7) is 4.07. The Balaban J connectivity index is 1.76. The van der Waals surface area contributed by atoms with Crippen LogP contribution in [0.15, 0.2) is 65.0 Å². The van der Waals surface area contributed by atoms with Gasteiger partial charge in [-0.05, 0) is 62.6 Å². The number of alkyl halides is 3. The maximum absolute atomic E-state index is 13.5. The van der Waals surface area contributed by atoms with Crippen molar-refractivity contribution in [2.45, 2.75) is 45.2 Å². The molecule has 2 aliphatic rings. The van der Waals surface area contributed by atoms with E-state index in [2.05, 4.69) is 10.6 Å². The summed E-state index contributed by atoms with van der Waals surface area (Å²) in [5.41, 5.74) is 1.66. The summed E-state index contributed by atoms with van der Waals surface area (Å²) in [6, 6.07) is 9.87. The summed E-state index contributed by atoms with van der Waals surface area (Å²) >= 11 is 6.11. The van der Waals surface area contributed by atoms with E-state index in [4.69, 9.17) is 16.3 Å². The highest BCUT2D eigenvalue weighted by atomic mass is 35.5. The number of hydrogen-bond donors (Lipinski definition) is 2. The molecule has 5 nitrogen and oxygen atoms in total. The van der Waals surface area contributed by atoms with Crippen LogP contribution in [0.3, 0.4) is 0 Å². The van der Waals surface area contributed by atoms with Gasteiger partial charge in [-0.15, -0.1) is 0 Å². The molecule has 0 aromatic heterocycles. The molecule has 1 heterocycles. The number of carbonyl (C=O) groups excluding carboxylic acids is 2. The number of carbonyl (C=O) groups is 2. The van der Waals surface area contributed by atoms with Crippen molar-refractivity contribution in [1.82, 2.24) is 5.32 Å². The standard InChI is InChI=1S/C26H24ClF3N2O3/c1-3-35-17-10-7-15(8-11-17)23-22(14(2)31-19-5-4-6-21(33)24(19)23)25(34)32-20-13-16(26(28,29)30)9-12-18(20)27/h7-13,23,31H,3-6H2,1-2H3,(H,32,34)/t23-/m0/s1. The van der Waals surface area contributed by atoms with Crippen molar-refractivity contribution in [2.24, 2.45) is 0 Å². The minimum absolute atomic E-state index is 0.0281. The van der Waals surface area contributed by atoms with E-state index in [9.17, 15) is 22.8 Å². The third-order valence-corrected chi connectivity index (χ3v) is 6.42. The summed E-state index contributed by atoms with van der Waals surface area (Å²) in [5.74, 6) is -0.733. The van der Waals surface area contributed by atoms with Gasteiger partial charge in [-0.25, -0.2) is 0 Å². The number of benzene rings is 2. The van der Waals surface area contributed by atoms with Crippen LogP contribution in [0.1, 0.15) is 50.2 Å². The Kier molecular flexibility index (Phi) is 6.94. The predicted molar refractivity (Wildman–Crippen MR) is 127 cm³/mol. The van der Waals surface area contributed by atoms with Gasteiger partial charge in [-0.2, -0.15) is 13.2 Å². The highest BCUT2D eigenvalue weighted by Gasteiger charge is 2.39. The minimum atomic E-state index is -4.59. The Morgan fingerprint density at radius 3 is 2.54 bits per heavy atom. The predicted octanol–water partition coefficient (Wildman–Crippen LogP) is 6.36. The molecule has 2 N–H and O–H groups in total. The van der Waals surface area contributed by atoms with Gasteiger partial charge in [0, 0.05) is 34.9 Å². The molecule has 0 saturated heterocycles. The molecule has 1 amide bonds. The van der Waals surface area contributed by atoms with Crippen LogP contribution in [0.4, 0.5) is 18.9 Å². The number of amides is 1. The van der Waals surface area contributed by atoms with Crippen LogP contribution in [-0.4, -0.2) is 18.3 Å². The number of anilines is 1. The number of Topliss-reactive ketones (excluding diaryl/α,β-unsaturated/α-hetero) is 1. The van der Waals surface area contributed by atoms with Crippen molar-refractivity contribution in [1.29, 1.82) is 0 Å². The first-order valence-electron chi connectivity index (χ1n) is 11.2. The van der Waals surface area contributed by atoms with Gasteiger partial charge in [0.05, 0.1) is 22.9 Å². The number of ether oxygens (including phenoxy) is 1. The van der Waals surface area contributed by atoms with E-state index in [0.717, 1.165) is 23.9 Å². The molecule has 0 bridgehead atoms. The van der Waals surface area contributed by atoms with Crippen molar-refractivity contribution in [2.75, 3.05) is 11.9 Å². The van der Waals surface area contributed by atoms with Gasteiger partial charge in [-0.1, -0.05) is 23.7 Å². The molecule has 2 aromatic carbocycles. The Labute approximate surface area is 206 Å². The zero-order chi connectivity index (χ0) is 25.3. The van der Waals surface area contributed by atoms with Crippen LogP contribution >= 0.6 is 11.6 Å². The highest BCUT2D eigenvalue weighted by Crippen LogP contribution is 2.43. The Bertz CT molecular complexity index is 1230. The second-order valence-corrected chi connectivity index (χ2v) is 8.82. The van der Waals surface area contributed by atoms with Gasteiger partial charge >= 0.3 is 6.18 Å². The summed E-state index contributed by atoms with van der Waals surface area (Å²) in [5, 5.41) is 5.70. The average Bonchev–Trinajstić information content (AvgIpc) is 2.79. The molecule has 35 heavy (non-hydrogen) atoms. The van der Waals surface area contributed by atoms with Crippen LogP contribution in [0.5, 0.6) is 5.75 Å². The quantitative estimate of drug-likeness (QED) is 0.497. The van der Waals surface area contributed by atoms with Crippen LogP contribution < -0.4 is 15.4 Å². The summed E-state index contributed by atoms with van der Waals surface area (Å²) in [4.78, 5) is 26.5. The minimum Gasteiger partial charge on any atom is -0.494 e. The zero-order valence-corrected chi connectivity index (χ0v) is 19.9. The molecular weight excluding hydrogens is 481 g/mol. The molecule has 0 unspecified atom stereocenters. The van der Waals surface area contributed by atoms with E-state index < -0.39 is 23.6 Å². The summed E-state index contributed by atoms with van der Waals surface area (Å²) in [7, 11) is 0. The van der Waals surface area contributed by atoms with E-state index in [0.29, 0.717) is 48.5 Å². The fraction of sp³-hybridized carbons (Fsp3) is 0.308. The molecule has 1 aliphatic heterocycles. The molecule has 0 radical (unpaired) electrons. The van der Waals surface area contributed by atoms with Crippen molar-refractivity contribution in [3.63, 3.8) is 0 Å². The lowest BCUT2D eigenvalue weighted by Crippen LogP contribution is -2.35. The van der Waals surface area contributed by atoms with E-state index in [1.165, 1.54) is 0 Å². The van der Waals surface area contributed by atoms with E-state index in [-0.39, 0.29) is 22.1 Å². The number of nitrogens with one attached hydrogen (secondary N) is 2. The molecule has 1 aliphatic carbocycles. The number of dihydropyridines is 1. The van der Waals surface area contributed by atoms with Gasteiger partial charge in [0.1, 0.15) is 5.75 Å². The van der Waals surface area contributed by atoms with Gasteiger partial charge in [0.15, 0.2) is 5.78 Å². The first-order chi connectivity index (χ1) is 16.6. The van der Waals surface area contributed by atoms with Crippen molar-refractivity contribution >= 4 is 29.0 Å². The number of allylic oxidation sites excluding steroid dienone is 3. The van der Waals surface area contributed by atoms with Crippen molar-refractivity contribution in [3.8, 4) is 5.75 Å². The fourth-order valence-electron chi connectivity index (χ4n) is 4.53. The smallest absolute Gasteiger partial charge is 0.416 e.